The van der Waals surface area contributed by atoms with Gasteiger partial charge in [0.25, 0.3) is 0 Å². The molecule has 0 aromatic carbocycles. The van der Waals surface area contributed by atoms with Gasteiger partial charge in [0, 0.05) is 27.2 Å². The summed E-state index contributed by atoms with van der Waals surface area (Å²) in [7, 11) is 5.50. The van der Waals surface area contributed by atoms with Crippen molar-refractivity contribution in [1.29, 1.82) is 0 Å². The Balaban J connectivity index is 2.13. The van der Waals surface area contributed by atoms with Crippen LogP contribution in [0.2, 0.25) is 0 Å². The van der Waals surface area contributed by atoms with Crippen molar-refractivity contribution in [3.8, 4) is 0 Å². The van der Waals surface area contributed by atoms with Crippen LogP contribution < -0.4 is 0 Å². The lowest BCUT2D eigenvalue weighted by molar-refractivity contribution is -0.337. The van der Waals surface area contributed by atoms with Gasteiger partial charge in [-0.3, -0.25) is 0 Å². The maximum Gasteiger partial charge on any atom is 0.222 e. The van der Waals surface area contributed by atoms with Gasteiger partial charge >= 0.3 is 0 Å². The Morgan fingerprint density at radius 3 is 2.35 bits per heavy atom. The summed E-state index contributed by atoms with van der Waals surface area (Å²) >= 11 is 0. The van der Waals surface area contributed by atoms with Gasteiger partial charge in [0.1, 0.15) is 10.5 Å². The molecule has 17 heavy (non-hydrogen) atoms. The van der Waals surface area contributed by atoms with E-state index in [2.05, 4.69) is 0 Å². The Bertz CT molecular complexity index is 254. The Hall–Kier alpha value is 0.0169. The molecule has 0 aromatic heterocycles. The van der Waals surface area contributed by atoms with Crippen molar-refractivity contribution in [2.24, 2.45) is 5.92 Å². The van der Waals surface area contributed by atoms with Gasteiger partial charge in [-0.15, -0.1) is 0 Å². The molecule has 2 aliphatic rings. The van der Waals surface area contributed by atoms with E-state index in [0.29, 0.717) is 22.7 Å². The predicted octanol–water partition coefficient (Wildman–Crippen LogP) is -0.188. The fourth-order valence-corrected chi connectivity index (χ4v) is 3.52. The summed E-state index contributed by atoms with van der Waals surface area (Å²) in [6, 6.07) is 0. The summed E-state index contributed by atoms with van der Waals surface area (Å²) in [6.07, 6.45) is 3.43. The Morgan fingerprint density at radius 1 is 1.18 bits per heavy atom. The molecule has 1 aliphatic heterocycles. The average Bonchev–Trinajstić information content (AvgIpc) is 3.14. The van der Waals surface area contributed by atoms with Crippen molar-refractivity contribution in [3.05, 3.63) is 0 Å². The zero-order valence-electron chi connectivity index (χ0n) is 11.0. The molecule has 2 fully saturated rings. The van der Waals surface area contributed by atoms with Crippen LogP contribution >= 0.6 is 0 Å². The minimum Gasteiger partial charge on any atom is -0.400 e. The zero-order chi connectivity index (χ0) is 12.5. The molecule has 2 rings (SSSR count). The number of rotatable bonds is 6. The molecule has 0 radical (unpaired) electrons. The van der Waals surface area contributed by atoms with Gasteiger partial charge in [0.2, 0.25) is 12.1 Å². The van der Waals surface area contributed by atoms with Crippen LogP contribution in [0.25, 0.3) is 0 Å². The first-order chi connectivity index (χ1) is 8.21. The van der Waals surface area contributed by atoms with E-state index in [9.17, 15) is 0 Å². The average molecular weight is 262 g/mol. The molecule has 4 atom stereocenters. The maximum absolute atomic E-state index is 5.63. The van der Waals surface area contributed by atoms with Gasteiger partial charge in [0.15, 0.2) is 0 Å². The smallest absolute Gasteiger partial charge is 0.222 e. The van der Waals surface area contributed by atoms with Crippen LogP contribution in [0.15, 0.2) is 0 Å². The van der Waals surface area contributed by atoms with Crippen LogP contribution in [0.5, 0.6) is 0 Å². The number of ether oxygens (including phenoxy) is 4. The Morgan fingerprint density at radius 2 is 1.88 bits per heavy atom. The first-order valence-corrected chi connectivity index (χ1v) is 6.84. The lowest BCUT2D eigenvalue weighted by Gasteiger charge is -2.43. The summed E-state index contributed by atoms with van der Waals surface area (Å²) < 4.78 is 27.7. The van der Waals surface area contributed by atoms with Gasteiger partial charge in [-0.25, -0.2) is 0 Å². The fourth-order valence-electron chi connectivity index (χ4n) is 3.00. The summed E-state index contributed by atoms with van der Waals surface area (Å²) in [5, 5.41) is 0. The highest BCUT2D eigenvalue weighted by molar-refractivity contribution is 5.98. The third-order valence-electron chi connectivity index (χ3n) is 3.97. The van der Waals surface area contributed by atoms with Crippen molar-refractivity contribution < 1.29 is 23.4 Å². The van der Waals surface area contributed by atoms with Crippen molar-refractivity contribution in [1.82, 2.24) is 0 Å². The molecule has 5 nitrogen and oxygen atoms in total. The molecule has 100 valence electrons. The molecule has 0 spiro atoms. The standard InChI is InChI=1S/C11H22O5Si/c1-12-10(16-17)11(13-2,14-3)7-4-5-8-9(6-7)15-8/h7-10H,4-6H2,1-3,17H3. The fraction of sp³-hybridized carbons (Fsp3) is 1.00. The summed E-state index contributed by atoms with van der Waals surface area (Å²) in [4.78, 5) is 0. The van der Waals surface area contributed by atoms with Crippen molar-refractivity contribution in [3.63, 3.8) is 0 Å². The third-order valence-corrected chi connectivity index (χ3v) is 4.40. The van der Waals surface area contributed by atoms with Gasteiger partial charge in [-0.05, 0) is 19.3 Å². The van der Waals surface area contributed by atoms with Crippen molar-refractivity contribution >= 4 is 10.5 Å². The van der Waals surface area contributed by atoms with Crippen LogP contribution in [0, 0.1) is 5.92 Å². The van der Waals surface area contributed by atoms with E-state index in [1.165, 1.54) is 0 Å². The highest BCUT2D eigenvalue weighted by Crippen LogP contribution is 2.46. The Kier molecular flexibility index (Phi) is 4.22. The number of epoxide rings is 1. The van der Waals surface area contributed by atoms with Crippen LogP contribution in [-0.2, 0) is 23.4 Å². The van der Waals surface area contributed by atoms with Crippen molar-refractivity contribution in [2.75, 3.05) is 21.3 Å². The first kappa shape index (κ1) is 13.4. The van der Waals surface area contributed by atoms with E-state index in [0.717, 1.165) is 19.3 Å². The number of fused-ring (bicyclic) bond motifs is 1. The number of methoxy groups -OCH3 is 3. The number of hydrogen-bond acceptors (Lipinski definition) is 5. The van der Waals surface area contributed by atoms with Gasteiger partial charge in [-0.2, -0.15) is 0 Å². The first-order valence-electron chi connectivity index (χ1n) is 6.03. The second kappa shape index (κ2) is 5.34. The second-order valence-electron chi connectivity index (χ2n) is 4.66. The van der Waals surface area contributed by atoms with E-state index in [1.807, 2.05) is 0 Å². The van der Waals surface area contributed by atoms with E-state index < -0.39 is 12.1 Å². The highest BCUT2D eigenvalue weighted by atomic mass is 28.2. The molecular weight excluding hydrogens is 240 g/mol. The molecule has 0 bridgehead atoms. The third kappa shape index (κ3) is 2.30. The monoisotopic (exact) mass is 262 g/mol. The summed E-state index contributed by atoms with van der Waals surface area (Å²) in [5.41, 5.74) is 0. The highest BCUT2D eigenvalue weighted by Gasteiger charge is 2.54. The number of hydrogen-bond donors (Lipinski definition) is 0. The van der Waals surface area contributed by atoms with Crippen LogP contribution in [0.3, 0.4) is 0 Å². The molecular formula is C11H22O5Si. The zero-order valence-corrected chi connectivity index (χ0v) is 13.0. The minimum absolute atomic E-state index is 0.250. The van der Waals surface area contributed by atoms with E-state index in [4.69, 9.17) is 23.4 Å². The summed E-state index contributed by atoms with van der Waals surface area (Å²) in [5.74, 6) is -0.562. The molecule has 1 aliphatic carbocycles. The van der Waals surface area contributed by atoms with Crippen LogP contribution in [-0.4, -0.2) is 56.1 Å². The molecule has 1 heterocycles. The molecule has 1 saturated heterocycles. The molecule has 0 N–H and O–H groups in total. The normalized spacial score (nSPS) is 34.4. The van der Waals surface area contributed by atoms with Gasteiger partial charge < -0.3 is 23.4 Å². The predicted molar refractivity (Wildman–Crippen MR) is 64.6 cm³/mol. The second-order valence-corrected chi connectivity index (χ2v) is 5.13. The van der Waals surface area contributed by atoms with E-state index in [-0.39, 0.29) is 5.92 Å². The molecule has 0 aromatic rings. The SMILES string of the molecule is COC(O[SiH3])C(OC)(OC)C1CCC2OC2C1. The molecule has 6 heteroatoms. The lowest BCUT2D eigenvalue weighted by atomic mass is 9.82. The largest absolute Gasteiger partial charge is 0.400 e. The maximum atomic E-state index is 5.63. The van der Waals surface area contributed by atoms with Gasteiger partial charge in [0.05, 0.1) is 12.2 Å². The van der Waals surface area contributed by atoms with Gasteiger partial charge in [-0.1, -0.05) is 0 Å². The molecule has 0 amide bonds. The summed E-state index contributed by atoms with van der Waals surface area (Å²) in [6.45, 7) is 0. The quantitative estimate of drug-likeness (QED) is 0.377. The Labute approximate surface area is 105 Å². The van der Waals surface area contributed by atoms with E-state index in [1.54, 1.807) is 21.3 Å². The molecule has 4 unspecified atom stereocenters. The van der Waals surface area contributed by atoms with Crippen molar-refractivity contribution in [2.45, 2.75) is 43.5 Å². The van der Waals surface area contributed by atoms with E-state index >= 15 is 0 Å². The van der Waals surface area contributed by atoms with Crippen LogP contribution in [0.1, 0.15) is 19.3 Å². The molecule has 1 saturated carbocycles. The van der Waals surface area contributed by atoms with Crippen LogP contribution in [0.4, 0.5) is 0 Å². The lowest BCUT2D eigenvalue weighted by Crippen LogP contribution is -2.55. The topological polar surface area (TPSA) is 49.5 Å². The minimum atomic E-state index is -0.812.